The fraction of sp³-hybridized carbons (Fsp3) is 0.158. The lowest BCUT2D eigenvalue weighted by molar-refractivity contribution is 0.0956. The molecule has 3 aromatic rings. The number of nitrogens with one attached hydrogen (secondary N) is 2. The zero-order valence-corrected chi connectivity index (χ0v) is 14.7. The largest absolute Gasteiger partial charge is 0.497 e. The normalized spacial score (nSPS) is 10.4. The molecule has 0 aliphatic rings. The number of thioether (sulfide) groups is 1. The van der Waals surface area contributed by atoms with Gasteiger partial charge in [-0.15, -0.1) is 0 Å². The van der Waals surface area contributed by atoms with Gasteiger partial charge in [0.25, 0.3) is 5.91 Å². The minimum atomic E-state index is -0.107. The van der Waals surface area contributed by atoms with Crippen molar-refractivity contribution in [2.75, 3.05) is 19.4 Å². The van der Waals surface area contributed by atoms with Gasteiger partial charge in [0.2, 0.25) is 0 Å². The van der Waals surface area contributed by atoms with Gasteiger partial charge in [0.1, 0.15) is 5.75 Å². The summed E-state index contributed by atoms with van der Waals surface area (Å²) in [6.45, 7) is 0.558. The van der Waals surface area contributed by atoms with E-state index in [1.54, 1.807) is 37.1 Å². The topological polar surface area (TPSA) is 67.0 Å². The Morgan fingerprint density at radius 2 is 2.04 bits per heavy atom. The number of amides is 1. The molecule has 0 spiro atoms. The van der Waals surface area contributed by atoms with Gasteiger partial charge in [-0.1, -0.05) is 48.2 Å². The average molecular weight is 353 g/mol. The number of benzene rings is 2. The monoisotopic (exact) mass is 353 g/mol. The summed E-state index contributed by atoms with van der Waals surface area (Å²) in [4.78, 5) is 19.8. The van der Waals surface area contributed by atoms with Crippen LogP contribution >= 0.6 is 11.8 Å². The molecule has 0 saturated heterocycles. The van der Waals surface area contributed by atoms with Gasteiger partial charge in [-0.3, -0.25) is 4.79 Å². The first kappa shape index (κ1) is 17.1. The van der Waals surface area contributed by atoms with Crippen molar-refractivity contribution in [3.63, 3.8) is 0 Å². The van der Waals surface area contributed by atoms with Crippen molar-refractivity contribution in [1.82, 2.24) is 15.3 Å². The molecule has 0 saturated carbocycles. The molecule has 1 aromatic heterocycles. The lowest BCUT2D eigenvalue weighted by Crippen LogP contribution is -2.25. The molecular formula is C19H19N3O2S. The highest BCUT2D eigenvalue weighted by Crippen LogP contribution is 2.20. The van der Waals surface area contributed by atoms with Crippen LogP contribution in [-0.2, 0) is 0 Å². The number of H-pyrrole nitrogens is 1. The number of rotatable bonds is 7. The van der Waals surface area contributed by atoms with E-state index in [1.807, 2.05) is 42.6 Å². The number of methoxy groups -OCH3 is 1. The molecule has 0 atom stereocenters. The summed E-state index contributed by atoms with van der Waals surface area (Å²) < 4.78 is 5.13. The number of ether oxygens (including phenoxy) is 1. The quantitative estimate of drug-likeness (QED) is 0.503. The van der Waals surface area contributed by atoms with E-state index in [1.165, 1.54) is 0 Å². The lowest BCUT2D eigenvalue weighted by atomic mass is 10.2. The number of imidazole rings is 1. The molecule has 0 fully saturated rings. The fourth-order valence-electron chi connectivity index (χ4n) is 2.32. The van der Waals surface area contributed by atoms with Crippen LogP contribution in [-0.4, -0.2) is 35.3 Å². The van der Waals surface area contributed by atoms with Gasteiger partial charge < -0.3 is 15.0 Å². The second kappa shape index (κ2) is 8.39. The highest BCUT2D eigenvalue weighted by atomic mass is 32.2. The average Bonchev–Trinajstić information content (AvgIpc) is 3.15. The third kappa shape index (κ3) is 4.64. The van der Waals surface area contributed by atoms with Crippen molar-refractivity contribution >= 4 is 17.7 Å². The Kier molecular flexibility index (Phi) is 5.74. The van der Waals surface area contributed by atoms with Gasteiger partial charge in [-0.2, -0.15) is 0 Å². The van der Waals surface area contributed by atoms with Crippen LogP contribution in [0.2, 0.25) is 0 Å². The third-order valence-corrected chi connectivity index (χ3v) is 4.48. The van der Waals surface area contributed by atoms with E-state index in [-0.39, 0.29) is 5.91 Å². The van der Waals surface area contributed by atoms with Gasteiger partial charge in [-0.05, 0) is 23.8 Å². The molecule has 3 rings (SSSR count). The van der Waals surface area contributed by atoms with Crippen LogP contribution in [0.4, 0.5) is 0 Å². The Morgan fingerprint density at radius 3 is 2.84 bits per heavy atom. The summed E-state index contributed by atoms with van der Waals surface area (Å²) in [5.74, 6) is 1.30. The molecule has 5 nitrogen and oxygen atoms in total. The van der Waals surface area contributed by atoms with Gasteiger partial charge in [0.05, 0.1) is 19.0 Å². The third-order valence-electron chi connectivity index (χ3n) is 3.60. The van der Waals surface area contributed by atoms with Crippen LogP contribution in [0.25, 0.3) is 11.3 Å². The van der Waals surface area contributed by atoms with Crippen LogP contribution in [0.3, 0.4) is 0 Å². The highest BCUT2D eigenvalue weighted by Gasteiger charge is 2.07. The van der Waals surface area contributed by atoms with Crippen molar-refractivity contribution in [3.8, 4) is 17.0 Å². The molecule has 25 heavy (non-hydrogen) atoms. The highest BCUT2D eigenvalue weighted by molar-refractivity contribution is 7.99. The van der Waals surface area contributed by atoms with Gasteiger partial charge in [0, 0.05) is 17.9 Å². The Hall–Kier alpha value is -2.73. The van der Waals surface area contributed by atoms with E-state index in [4.69, 9.17) is 4.74 Å². The Morgan fingerprint density at radius 1 is 1.20 bits per heavy atom. The van der Waals surface area contributed by atoms with Crippen molar-refractivity contribution in [1.29, 1.82) is 0 Å². The number of nitrogens with zero attached hydrogens (tertiary/aromatic N) is 1. The molecule has 1 amide bonds. The summed E-state index contributed by atoms with van der Waals surface area (Å²) in [6.07, 6.45) is 1.83. The first-order valence-corrected chi connectivity index (χ1v) is 8.90. The predicted octanol–water partition coefficient (Wildman–Crippen LogP) is 3.61. The van der Waals surface area contributed by atoms with Gasteiger partial charge in [-0.25, -0.2) is 4.98 Å². The molecule has 2 aromatic carbocycles. The predicted molar refractivity (Wildman–Crippen MR) is 100 cm³/mol. The second-order valence-corrected chi connectivity index (χ2v) is 6.39. The van der Waals surface area contributed by atoms with Crippen molar-refractivity contribution in [3.05, 3.63) is 66.4 Å². The molecule has 128 valence electrons. The van der Waals surface area contributed by atoms with Crippen molar-refractivity contribution < 1.29 is 9.53 Å². The first-order valence-electron chi connectivity index (χ1n) is 7.92. The number of hydrogen-bond acceptors (Lipinski definition) is 4. The minimum Gasteiger partial charge on any atom is -0.497 e. The zero-order valence-electron chi connectivity index (χ0n) is 13.9. The smallest absolute Gasteiger partial charge is 0.251 e. The standard InChI is InChI=1S/C19H19N3O2S/c1-24-16-9-5-8-15(12-16)18(23)20-10-11-25-19-21-13-17(22-19)14-6-3-2-4-7-14/h2-9,12-13H,10-11H2,1H3,(H,20,23)(H,21,22). The SMILES string of the molecule is COc1cccc(C(=O)NCCSc2ncc(-c3ccccc3)[nH]2)c1. The molecule has 0 aliphatic carbocycles. The van der Waals surface area contributed by atoms with E-state index in [2.05, 4.69) is 15.3 Å². The molecule has 2 N–H and O–H groups in total. The minimum absolute atomic E-state index is 0.107. The van der Waals surface area contributed by atoms with E-state index in [0.29, 0.717) is 17.9 Å². The van der Waals surface area contributed by atoms with Crippen LogP contribution in [0.1, 0.15) is 10.4 Å². The fourth-order valence-corrected chi connectivity index (χ4v) is 3.03. The number of aromatic amines is 1. The van der Waals surface area contributed by atoms with Crippen molar-refractivity contribution in [2.24, 2.45) is 0 Å². The van der Waals surface area contributed by atoms with Crippen LogP contribution in [0.15, 0.2) is 66.0 Å². The Bertz CT molecular complexity index is 833. The Labute approximate surface area is 150 Å². The molecule has 1 heterocycles. The van der Waals surface area contributed by atoms with Gasteiger partial charge in [0.15, 0.2) is 5.16 Å². The summed E-state index contributed by atoms with van der Waals surface area (Å²) in [5.41, 5.74) is 2.69. The van der Waals surface area contributed by atoms with Gasteiger partial charge >= 0.3 is 0 Å². The molecular weight excluding hydrogens is 334 g/mol. The molecule has 0 aliphatic heterocycles. The maximum atomic E-state index is 12.1. The van der Waals surface area contributed by atoms with E-state index < -0.39 is 0 Å². The number of carbonyl (C=O) groups is 1. The maximum Gasteiger partial charge on any atom is 0.251 e. The molecule has 0 bridgehead atoms. The molecule has 0 radical (unpaired) electrons. The van der Waals surface area contributed by atoms with Crippen LogP contribution < -0.4 is 10.1 Å². The van der Waals surface area contributed by atoms with E-state index in [9.17, 15) is 4.79 Å². The van der Waals surface area contributed by atoms with Crippen LogP contribution in [0.5, 0.6) is 5.75 Å². The molecule has 6 heteroatoms. The zero-order chi connectivity index (χ0) is 17.5. The number of aromatic nitrogens is 2. The second-order valence-electron chi connectivity index (χ2n) is 5.30. The molecule has 0 unspecified atom stereocenters. The maximum absolute atomic E-state index is 12.1. The number of carbonyl (C=O) groups excluding carboxylic acids is 1. The van der Waals surface area contributed by atoms with Crippen LogP contribution in [0, 0.1) is 0 Å². The Balaban J connectivity index is 1.47. The van der Waals surface area contributed by atoms with E-state index >= 15 is 0 Å². The summed E-state index contributed by atoms with van der Waals surface area (Å²) in [7, 11) is 1.58. The summed E-state index contributed by atoms with van der Waals surface area (Å²) in [6, 6.07) is 17.2. The van der Waals surface area contributed by atoms with E-state index in [0.717, 1.165) is 22.2 Å². The van der Waals surface area contributed by atoms with Crippen molar-refractivity contribution in [2.45, 2.75) is 5.16 Å². The number of hydrogen-bond donors (Lipinski definition) is 2. The lowest BCUT2D eigenvalue weighted by Gasteiger charge is -2.06. The summed E-state index contributed by atoms with van der Waals surface area (Å²) >= 11 is 1.57. The first-order chi connectivity index (χ1) is 12.3. The summed E-state index contributed by atoms with van der Waals surface area (Å²) in [5, 5.41) is 3.74.